The first-order valence-corrected chi connectivity index (χ1v) is 8.99. The first-order valence-electron chi connectivity index (χ1n) is 8.99. The summed E-state index contributed by atoms with van der Waals surface area (Å²) in [7, 11) is 1.77. The van der Waals surface area contributed by atoms with E-state index >= 15 is 0 Å². The molecule has 9 heteroatoms. The minimum Gasteiger partial charge on any atom is -0.421 e. The lowest BCUT2D eigenvalue weighted by atomic mass is 10.0. The van der Waals surface area contributed by atoms with E-state index in [1.54, 1.807) is 38.8 Å². The number of rotatable bonds is 4. The summed E-state index contributed by atoms with van der Waals surface area (Å²) >= 11 is 0. The van der Waals surface area contributed by atoms with Gasteiger partial charge < -0.3 is 10.1 Å². The van der Waals surface area contributed by atoms with Crippen molar-refractivity contribution in [2.45, 2.75) is 13.3 Å². The molecule has 0 radical (unpaired) electrons. The standard InChI is InChI=1S/C20H16FN7O/c1-10-23-8-13(9-24-10)29-20-27-17-5-14-15(3-12(21)4-16(14)22-2)18(17)19(28-20)11-6-25-26-7-11/h3-4,6-9,22H,5H2,1-2H3,(H,25,26). The molecule has 144 valence electrons. The summed E-state index contributed by atoms with van der Waals surface area (Å²) in [5.74, 6) is 0.755. The Balaban J connectivity index is 1.67. The third-order valence-electron chi connectivity index (χ3n) is 4.80. The maximum atomic E-state index is 14.2. The Morgan fingerprint density at radius 3 is 2.69 bits per heavy atom. The number of fused-ring (bicyclic) bond motifs is 3. The number of H-pyrrole nitrogens is 1. The van der Waals surface area contributed by atoms with Gasteiger partial charge in [-0.05, 0) is 30.2 Å². The molecular weight excluding hydrogens is 373 g/mol. The lowest BCUT2D eigenvalue weighted by Gasteiger charge is -2.11. The Kier molecular flexibility index (Phi) is 3.94. The summed E-state index contributed by atoms with van der Waals surface area (Å²) in [6, 6.07) is 3.17. The number of aromatic nitrogens is 6. The van der Waals surface area contributed by atoms with Crippen LogP contribution in [0.25, 0.3) is 22.4 Å². The van der Waals surface area contributed by atoms with Gasteiger partial charge in [-0.3, -0.25) is 5.10 Å². The van der Waals surface area contributed by atoms with Crippen molar-refractivity contribution >= 4 is 5.69 Å². The number of halogens is 1. The minimum atomic E-state index is -0.323. The predicted molar refractivity (Wildman–Crippen MR) is 104 cm³/mol. The van der Waals surface area contributed by atoms with Gasteiger partial charge in [0.25, 0.3) is 0 Å². The van der Waals surface area contributed by atoms with Crippen LogP contribution in [0.5, 0.6) is 11.8 Å². The van der Waals surface area contributed by atoms with E-state index in [9.17, 15) is 4.39 Å². The van der Waals surface area contributed by atoms with E-state index in [2.05, 4.69) is 35.5 Å². The Labute approximate surface area is 165 Å². The average Bonchev–Trinajstić information content (AvgIpc) is 3.36. The number of hydrogen-bond donors (Lipinski definition) is 2. The Bertz CT molecular complexity index is 1210. The molecule has 0 bridgehead atoms. The van der Waals surface area contributed by atoms with Crippen LogP contribution in [-0.4, -0.2) is 37.2 Å². The van der Waals surface area contributed by atoms with E-state index in [0.717, 1.165) is 33.6 Å². The molecule has 0 unspecified atom stereocenters. The molecule has 8 nitrogen and oxygen atoms in total. The molecule has 4 aromatic rings. The molecule has 0 saturated carbocycles. The SMILES string of the molecule is CNc1cc(F)cc2c1Cc1nc(Oc3cnc(C)nc3)nc(-c3cn[nH]c3)c1-2. The normalized spacial score (nSPS) is 11.8. The molecule has 0 amide bonds. The van der Waals surface area contributed by atoms with Crippen LogP contribution in [0, 0.1) is 12.7 Å². The molecule has 3 heterocycles. The second-order valence-electron chi connectivity index (χ2n) is 6.64. The Hall–Kier alpha value is -3.88. The van der Waals surface area contributed by atoms with E-state index in [0.29, 0.717) is 23.7 Å². The third kappa shape index (κ3) is 2.96. The van der Waals surface area contributed by atoms with Crippen LogP contribution in [0.1, 0.15) is 17.1 Å². The maximum Gasteiger partial charge on any atom is 0.322 e. The largest absolute Gasteiger partial charge is 0.421 e. The predicted octanol–water partition coefficient (Wildman–Crippen LogP) is 3.51. The van der Waals surface area contributed by atoms with Crippen molar-refractivity contribution in [3.63, 3.8) is 0 Å². The summed E-state index contributed by atoms with van der Waals surface area (Å²) < 4.78 is 20.0. The first-order chi connectivity index (χ1) is 14.1. The number of aromatic amines is 1. The van der Waals surface area contributed by atoms with Crippen molar-refractivity contribution in [1.29, 1.82) is 0 Å². The lowest BCUT2D eigenvalue weighted by molar-refractivity contribution is 0.436. The van der Waals surface area contributed by atoms with Gasteiger partial charge in [-0.25, -0.2) is 14.4 Å². The van der Waals surface area contributed by atoms with Crippen molar-refractivity contribution in [1.82, 2.24) is 30.1 Å². The summed E-state index contributed by atoms with van der Waals surface area (Å²) in [5, 5.41) is 9.88. The highest BCUT2D eigenvalue weighted by Gasteiger charge is 2.29. The van der Waals surface area contributed by atoms with Gasteiger partial charge in [0.2, 0.25) is 0 Å². The highest BCUT2D eigenvalue weighted by Crippen LogP contribution is 2.45. The maximum absolute atomic E-state index is 14.2. The second kappa shape index (κ2) is 6.62. The number of ether oxygens (including phenoxy) is 1. The summed E-state index contributed by atoms with van der Waals surface area (Å²) in [4.78, 5) is 17.4. The highest BCUT2D eigenvalue weighted by atomic mass is 19.1. The van der Waals surface area contributed by atoms with Gasteiger partial charge in [-0.15, -0.1) is 0 Å². The highest BCUT2D eigenvalue weighted by molar-refractivity contribution is 5.90. The molecule has 0 aliphatic heterocycles. The molecule has 0 atom stereocenters. The van der Waals surface area contributed by atoms with Gasteiger partial charge in [-0.1, -0.05) is 0 Å². The van der Waals surface area contributed by atoms with Gasteiger partial charge in [0.15, 0.2) is 5.75 Å². The van der Waals surface area contributed by atoms with E-state index in [1.165, 1.54) is 12.1 Å². The van der Waals surface area contributed by atoms with Gasteiger partial charge in [-0.2, -0.15) is 15.1 Å². The van der Waals surface area contributed by atoms with Crippen molar-refractivity contribution in [3.05, 3.63) is 59.8 Å². The van der Waals surface area contributed by atoms with E-state index < -0.39 is 0 Å². The molecule has 1 aromatic carbocycles. The molecule has 2 N–H and O–H groups in total. The molecule has 1 aliphatic rings. The molecule has 0 fully saturated rings. The van der Waals surface area contributed by atoms with Crippen LogP contribution in [0.2, 0.25) is 0 Å². The van der Waals surface area contributed by atoms with Gasteiger partial charge in [0.1, 0.15) is 11.6 Å². The van der Waals surface area contributed by atoms with Gasteiger partial charge in [0, 0.05) is 36.5 Å². The Morgan fingerprint density at radius 2 is 1.97 bits per heavy atom. The van der Waals surface area contributed by atoms with Crippen molar-refractivity contribution in [2.24, 2.45) is 0 Å². The molecule has 29 heavy (non-hydrogen) atoms. The number of anilines is 1. The lowest BCUT2D eigenvalue weighted by Crippen LogP contribution is -2.00. The fraction of sp³-hybridized carbons (Fsp3) is 0.150. The molecule has 0 saturated heterocycles. The van der Waals surface area contributed by atoms with Crippen LogP contribution < -0.4 is 10.1 Å². The van der Waals surface area contributed by atoms with Crippen LogP contribution in [0.4, 0.5) is 10.1 Å². The molecule has 3 aromatic heterocycles. The van der Waals surface area contributed by atoms with Gasteiger partial charge >= 0.3 is 6.01 Å². The number of benzene rings is 1. The summed E-state index contributed by atoms with van der Waals surface area (Å²) in [6.07, 6.45) is 7.07. The van der Waals surface area contributed by atoms with E-state index in [-0.39, 0.29) is 11.8 Å². The molecule has 0 spiro atoms. The quantitative estimate of drug-likeness (QED) is 0.485. The van der Waals surface area contributed by atoms with Crippen LogP contribution in [-0.2, 0) is 6.42 Å². The first kappa shape index (κ1) is 17.2. The minimum absolute atomic E-state index is 0.173. The zero-order valence-electron chi connectivity index (χ0n) is 15.7. The molecular formula is C20H16FN7O. The second-order valence-corrected chi connectivity index (χ2v) is 6.64. The summed E-state index contributed by atoms with van der Waals surface area (Å²) in [5.41, 5.74) is 5.39. The van der Waals surface area contributed by atoms with Crippen molar-refractivity contribution in [2.75, 3.05) is 12.4 Å². The van der Waals surface area contributed by atoms with Crippen LogP contribution in [0.3, 0.4) is 0 Å². The monoisotopic (exact) mass is 389 g/mol. The fourth-order valence-corrected chi connectivity index (χ4v) is 3.51. The number of nitrogens with one attached hydrogen (secondary N) is 2. The zero-order valence-corrected chi connectivity index (χ0v) is 15.7. The average molecular weight is 389 g/mol. The van der Waals surface area contributed by atoms with E-state index in [4.69, 9.17) is 4.74 Å². The van der Waals surface area contributed by atoms with Crippen LogP contribution in [0.15, 0.2) is 36.9 Å². The van der Waals surface area contributed by atoms with Crippen molar-refractivity contribution in [3.8, 4) is 34.1 Å². The van der Waals surface area contributed by atoms with Crippen molar-refractivity contribution < 1.29 is 9.13 Å². The fourth-order valence-electron chi connectivity index (χ4n) is 3.51. The van der Waals surface area contributed by atoms with E-state index in [1.807, 2.05) is 0 Å². The zero-order chi connectivity index (χ0) is 20.0. The topological polar surface area (TPSA) is 102 Å². The molecule has 5 rings (SSSR count). The smallest absolute Gasteiger partial charge is 0.322 e. The molecule has 1 aliphatic carbocycles. The number of hydrogen-bond acceptors (Lipinski definition) is 7. The van der Waals surface area contributed by atoms with Gasteiger partial charge in [0.05, 0.1) is 30.0 Å². The number of nitrogens with zero attached hydrogens (tertiary/aromatic N) is 5. The van der Waals surface area contributed by atoms with Crippen LogP contribution >= 0.6 is 0 Å². The summed E-state index contributed by atoms with van der Waals surface area (Å²) in [6.45, 7) is 1.79. The number of aryl methyl sites for hydroxylation is 1. The Morgan fingerprint density at radius 1 is 1.14 bits per heavy atom. The third-order valence-corrected chi connectivity index (χ3v) is 4.80.